The lowest BCUT2D eigenvalue weighted by Gasteiger charge is -2.32. The van der Waals surface area contributed by atoms with Gasteiger partial charge in [-0.05, 0) is 78.9 Å². The van der Waals surface area contributed by atoms with Crippen LogP contribution in [0.2, 0.25) is 0 Å². The van der Waals surface area contributed by atoms with Crippen molar-refractivity contribution in [3.8, 4) is 0 Å². The van der Waals surface area contributed by atoms with E-state index >= 15 is 0 Å². The van der Waals surface area contributed by atoms with Crippen molar-refractivity contribution < 1.29 is 38.4 Å². The zero-order valence-corrected chi connectivity index (χ0v) is 42.2. The molecule has 2 aromatic rings. The Morgan fingerprint density at radius 1 is 0.544 bits per heavy atom. The van der Waals surface area contributed by atoms with E-state index in [0.29, 0.717) is 25.0 Å². The Bertz CT molecular complexity index is 2020. The summed E-state index contributed by atoms with van der Waals surface area (Å²) in [5, 5.41) is 20.2. The zero-order chi connectivity index (χ0) is 50.1. The third-order valence-corrected chi connectivity index (χ3v) is 13.3. The average molecular weight is 961 g/mol. The molecular weight excluding hydrogens is 885 g/mol. The molecule has 0 bridgehead atoms. The van der Waals surface area contributed by atoms with Gasteiger partial charge in [-0.1, -0.05) is 122 Å². The number of carbonyl (C=O) groups is 8. The van der Waals surface area contributed by atoms with Gasteiger partial charge in [-0.3, -0.25) is 38.4 Å². The Morgan fingerprint density at radius 2 is 0.985 bits per heavy atom. The number of hydrogen-bond donors (Lipinski definition) is 7. The number of hydrogen-bond acceptors (Lipinski definition) is 9. The van der Waals surface area contributed by atoms with Crippen molar-refractivity contribution in [2.45, 2.75) is 155 Å². The molecular formula is C51H76N8O8S. The lowest BCUT2D eigenvalue weighted by Crippen LogP contribution is -2.62. The topological polar surface area (TPSA) is 224 Å². The molecule has 0 spiro atoms. The molecule has 2 fully saturated rings. The molecule has 0 radical (unpaired) electrons. The maximum atomic E-state index is 14.7. The number of amides is 8. The predicted octanol–water partition coefficient (Wildman–Crippen LogP) is 3.42. The number of nitrogens with one attached hydrogen (secondary N) is 7. The first-order chi connectivity index (χ1) is 32.3. The van der Waals surface area contributed by atoms with Gasteiger partial charge in [0.25, 0.3) is 0 Å². The van der Waals surface area contributed by atoms with Crippen molar-refractivity contribution in [2.24, 2.45) is 23.7 Å². The Labute approximate surface area is 407 Å². The van der Waals surface area contributed by atoms with Crippen molar-refractivity contribution in [1.82, 2.24) is 42.1 Å². The maximum Gasteiger partial charge on any atom is 0.246 e. The highest BCUT2D eigenvalue weighted by Crippen LogP contribution is 2.22. The number of nitrogens with zero attached hydrogens (tertiary/aromatic N) is 1. The third kappa shape index (κ3) is 16.4. The van der Waals surface area contributed by atoms with E-state index in [1.54, 1.807) is 20.8 Å². The Balaban J connectivity index is 1.84. The normalized spacial score (nSPS) is 25.9. The number of carbonyl (C=O) groups excluding carboxylic acids is 8. The van der Waals surface area contributed by atoms with Crippen LogP contribution >= 0.6 is 11.8 Å². The molecule has 8 amide bonds. The summed E-state index contributed by atoms with van der Waals surface area (Å²) >= 11 is 1.47. The van der Waals surface area contributed by atoms with Gasteiger partial charge < -0.3 is 42.1 Å². The molecule has 0 saturated carbocycles. The van der Waals surface area contributed by atoms with Gasteiger partial charge in [0.15, 0.2) is 0 Å². The van der Waals surface area contributed by atoms with E-state index in [-0.39, 0.29) is 50.5 Å². The number of fused-ring (bicyclic) bond motifs is 1. The minimum atomic E-state index is -1.19. The molecule has 68 heavy (non-hydrogen) atoms. The first-order valence-electron chi connectivity index (χ1n) is 24.3. The lowest BCUT2D eigenvalue weighted by molar-refractivity contribution is -0.143. The summed E-state index contributed by atoms with van der Waals surface area (Å²) in [5.41, 5.74) is 1.49. The van der Waals surface area contributed by atoms with E-state index in [1.165, 1.54) is 16.7 Å². The number of thioether (sulfide) groups is 1. The summed E-state index contributed by atoms with van der Waals surface area (Å²) in [6, 6.07) is 9.40. The highest BCUT2D eigenvalue weighted by atomic mass is 32.2. The van der Waals surface area contributed by atoms with Crippen LogP contribution in [0.1, 0.15) is 105 Å². The van der Waals surface area contributed by atoms with Gasteiger partial charge in [0.1, 0.15) is 48.3 Å². The predicted molar refractivity (Wildman–Crippen MR) is 265 cm³/mol. The average Bonchev–Trinajstić information content (AvgIpc) is 3.80. The van der Waals surface area contributed by atoms with Crippen LogP contribution in [0.3, 0.4) is 0 Å². The van der Waals surface area contributed by atoms with Crippen molar-refractivity contribution in [3.63, 3.8) is 0 Å². The second-order valence-electron chi connectivity index (χ2n) is 19.5. The third-order valence-electron chi connectivity index (χ3n) is 12.6. The van der Waals surface area contributed by atoms with Crippen LogP contribution in [0.25, 0.3) is 0 Å². The fourth-order valence-corrected chi connectivity index (χ4v) is 9.07. The standard InChI is InChI=1S/C51H76N8O8S/c1-10-33(8)43-50(66)52-36(23-25-68-9)44(60)53-38(27-31(4)5)46(62)57-42(32(6)7)49(65)56-40(29-35-20-15-12-16-21-35)51(67)59-24-17-22-41(59)48(64)55-37(26-30(2)3)45(61)54-39(47(63)58-43)28-34-18-13-11-14-19-34/h11-16,18-21,30-33,36-43H,10,17,22-29H2,1-9H3,(H,52,66)(H,53,60)(H,54,61)(H,55,64)(H,56,65)(H,57,62)(H,58,63)/t33-,36-,37-,38-,39-,40-,41-,42-,43-/m0/s1. The number of rotatable bonds is 14. The van der Waals surface area contributed by atoms with Gasteiger partial charge in [0.2, 0.25) is 47.3 Å². The van der Waals surface area contributed by atoms with Gasteiger partial charge in [-0.2, -0.15) is 11.8 Å². The monoisotopic (exact) mass is 961 g/mol. The second kappa shape index (κ2) is 26.9. The van der Waals surface area contributed by atoms with E-state index in [2.05, 4.69) is 37.2 Å². The van der Waals surface area contributed by atoms with E-state index in [1.807, 2.05) is 102 Å². The fraction of sp³-hybridized carbons (Fsp3) is 0.608. The van der Waals surface area contributed by atoms with Gasteiger partial charge in [-0.15, -0.1) is 0 Å². The molecule has 2 aliphatic heterocycles. The SMILES string of the molecule is CC[C@H](C)[C@@H]1NC(=O)[C@H](Cc2ccccc2)NC(=O)[C@H](CC(C)C)NC(=O)[C@@H]2CCCN2C(=O)[C@H](Cc2ccccc2)NC(=O)[C@H](C(C)C)NC(=O)[C@H](CC(C)C)NC(=O)[C@H](CCSC)NC1=O. The lowest BCUT2D eigenvalue weighted by atomic mass is 9.96. The Morgan fingerprint density at radius 3 is 1.51 bits per heavy atom. The van der Waals surface area contributed by atoms with E-state index in [9.17, 15) is 38.4 Å². The fourth-order valence-electron chi connectivity index (χ4n) is 8.60. The van der Waals surface area contributed by atoms with Crippen LogP contribution in [0.15, 0.2) is 60.7 Å². The van der Waals surface area contributed by atoms with Crippen LogP contribution in [0, 0.1) is 23.7 Å². The minimum Gasteiger partial charge on any atom is -0.343 e. The highest BCUT2D eigenvalue weighted by molar-refractivity contribution is 7.98. The summed E-state index contributed by atoms with van der Waals surface area (Å²) in [4.78, 5) is 117. The summed E-state index contributed by atoms with van der Waals surface area (Å²) in [6.07, 6.45) is 3.92. The van der Waals surface area contributed by atoms with Crippen LogP contribution in [0.5, 0.6) is 0 Å². The Kier molecular flexibility index (Phi) is 21.8. The second-order valence-corrected chi connectivity index (χ2v) is 20.5. The van der Waals surface area contributed by atoms with Crippen LogP contribution in [-0.4, -0.2) is 119 Å². The maximum absolute atomic E-state index is 14.7. The largest absolute Gasteiger partial charge is 0.343 e. The first-order valence-corrected chi connectivity index (χ1v) is 25.7. The van der Waals surface area contributed by atoms with Gasteiger partial charge in [-0.25, -0.2) is 0 Å². The van der Waals surface area contributed by atoms with E-state index in [0.717, 1.165) is 11.1 Å². The van der Waals surface area contributed by atoms with Crippen LogP contribution in [-0.2, 0) is 51.2 Å². The molecule has 0 aliphatic carbocycles. The van der Waals surface area contributed by atoms with Crippen LogP contribution < -0.4 is 37.2 Å². The van der Waals surface area contributed by atoms with Crippen molar-refractivity contribution in [1.29, 1.82) is 0 Å². The van der Waals surface area contributed by atoms with E-state index in [4.69, 9.17) is 0 Å². The molecule has 17 heteroatoms. The van der Waals surface area contributed by atoms with Gasteiger partial charge in [0.05, 0.1) is 0 Å². The van der Waals surface area contributed by atoms with Gasteiger partial charge >= 0.3 is 0 Å². The molecule has 7 N–H and O–H groups in total. The zero-order valence-electron chi connectivity index (χ0n) is 41.4. The molecule has 0 aromatic heterocycles. The van der Waals surface area contributed by atoms with Crippen LogP contribution in [0.4, 0.5) is 0 Å². The molecule has 4 rings (SSSR count). The smallest absolute Gasteiger partial charge is 0.246 e. The molecule has 0 unspecified atom stereocenters. The summed E-state index contributed by atoms with van der Waals surface area (Å²) in [7, 11) is 0. The van der Waals surface area contributed by atoms with Gasteiger partial charge in [0, 0.05) is 19.4 Å². The van der Waals surface area contributed by atoms with Crippen molar-refractivity contribution in [3.05, 3.63) is 71.8 Å². The summed E-state index contributed by atoms with van der Waals surface area (Å²) in [5.74, 6) is -5.26. The van der Waals surface area contributed by atoms with Crippen molar-refractivity contribution in [2.75, 3.05) is 18.6 Å². The molecule has 374 valence electrons. The molecule has 2 aliphatic rings. The van der Waals surface area contributed by atoms with Crippen molar-refractivity contribution >= 4 is 59.0 Å². The molecule has 2 saturated heterocycles. The summed E-state index contributed by atoms with van der Waals surface area (Å²) in [6.45, 7) is 15.0. The molecule has 16 nitrogen and oxygen atoms in total. The Hall–Kier alpha value is -5.45. The molecule has 2 heterocycles. The first kappa shape index (κ1) is 55.1. The minimum absolute atomic E-state index is 0.0603. The quantitative estimate of drug-likeness (QED) is 0.147. The number of benzene rings is 2. The molecule has 9 atom stereocenters. The highest BCUT2D eigenvalue weighted by Gasteiger charge is 2.41. The summed E-state index contributed by atoms with van der Waals surface area (Å²) < 4.78 is 0. The molecule has 2 aromatic carbocycles. The van der Waals surface area contributed by atoms with E-state index < -0.39 is 107 Å².